The van der Waals surface area contributed by atoms with Gasteiger partial charge in [-0.05, 0) is 31.2 Å². The monoisotopic (exact) mass is 847 g/mol. The fraction of sp³-hybridized carbons (Fsp3) is 0.711. The topological polar surface area (TPSA) is 284 Å². The largest absolute Gasteiger partial charge is 0.394 e. The van der Waals surface area contributed by atoms with E-state index in [9.17, 15) is 39.6 Å². The molecule has 4 unspecified atom stereocenters. The first-order chi connectivity index (χ1) is 28.7. The third-order valence-electron chi connectivity index (χ3n) is 11.4. The molecule has 6 N–H and O–H groups in total. The number of nitrogens with zero attached hydrogens (tertiary/aromatic N) is 7. The second kappa shape index (κ2) is 20.8. The molecule has 4 amide bonds. The normalized spacial score (nSPS) is 30.6. The molecule has 0 saturated carbocycles. The number of aliphatic hydroxyl groups is 4. The first-order valence-corrected chi connectivity index (χ1v) is 19.8. The second-order valence-corrected chi connectivity index (χ2v) is 15.3. The highest BCUT2D eigenvalue weighted by Gasteiger charge is 2.53. The highest BCUT2D eigenvalue weighted by molar-refractivity contribution is 5.95. The quantitative estimate of drug-likeness (QED) is 0.105. The first kappa shape index (κ1) is 46.5. The molecule has 332 valence electrons. The van der Waals surface area contributed by atoms with Crippen LogP contribution in [-0.4, -0.2) is 197 Å². The fourth-order valence-electron chi connectivity index (χ4n) is 7.97. The van der Waals surface area contributed by atoms with Crippen molar-refractivity contribution in [1.29, 1.82) is 5.26 Å². The lowest BCUT2D eigenvalue weighted by Crippen LogP contribution is -2.68. The van der Waals surface area contributed by atoms with Crippen molar-refractivity contribution in [1.82, 2.24) is 35.0 Å². The van der Waals surface area contributed by atoms with Gasteiger partial charge < -0.3 is 69.4 Å². The first-order valence-electron chi connectivity index (χ1n) is 19.8. The third kappa shape index (κ3) is 10.1. The number of nitrogens with one attached hydrogen (secondary N) is 2. The number of likely N-dealkylation sites (tertiary alicyclic amines) is 1. The van der Waals surface area contributed by atoms with Gasteiger partial charge in [-0.25, -0.2) is 14.8 Å². The van der Waals surface area contributed by atoms with Crippen molar-refractivity contribution in [3.63, 3.8) is 0 Å². The molecule has 22 heteroatoms. The number of carbonyl (C=O) groups excluding carboxylic acids is 4. The summed E-state index contributed by atoms with van der Waals surface area (Å²) in [7, 11) is 5.94. The highest BCUT2D eigenvalue weighted by Crippen LogP contribution is 2.32. The molecular weight excluding hydrogens is 790 g/mol. The van der Waals surface area contributed by atoms with Crippen LogP contribution in [0.4, 0.5) is 10.6 Å². The molecule has 3 aliphatic heterocycles. The van der Waals surface area contributed by atoms with Crippen molar-refractivity contribution >= 4 is 40.6 Å². The summed E-state index contributed by atoms with van der Waals surface area (Å²) >= 11 is 0. The molecule has 5 rings (SSSR count). The number of carbonyl (C=O) groups is 4. The Hall–Kier alpha value is -4.57. The van der Waals surface area contributed by atoms with Gasteiger partial charge in [-0.15, -0.1) is 0 Å². The number of ether oxygens (including phenoxy) is 5. The number of aliphatic hydroxyl groups excluding tert-OH is 4. The van der Waals surface area contributed by atoms with Crippen LogP contribution >= 0.6 is 0 Å². The Morgan fingerprint density at radius 1 is 1.03 bits per heavy atom. The smallest absolute Gasteiger partial charge is 0.327 e. The maximum atomic E-state index is 13.7. The van der Waals surface area contributed by atoms with E-state index in [2.05, 4.69) is 27.5 Å². The van der Waals surface area contributed by atoms with E-state index in [0.29, 0.717) is 42.8 Å². The molecule has 0 aromatic carbocycles. The van der Waals surface area contributed by atoms with Gasteiger partial charge >= 0.3 is 6.03 Å². The van der Waals surface area contributed by atoms with Crippen molar-refractivity contribution in [3.05, 3.63) is 18.6 Å². The highest BCUT2D eigenvalue weighted by atomic mass is 16.7. The minimum atomic E-state index is -1.76. The lowest BCUT2D eigenvalue weighted by atomic mass is 9.92. The maximum absolute atomic E-state index is 13.7. The summed E-state index contributed by atoms with van der Waals surface area (Å²) in [6, 6.07) is 2.05. The van der Waals surface area contributed by atoms with Crippen LogP contribution in [0.25, 0.3) is 11.0 Å². The number of piperidine rings is 1. The average molecular weight is 848 g/mol. The fourth-order valence-corrected chi connectivity index (χ4v) is 7.97. The number of nitriles is 1. The number of hydrogen-bond donors (Lipinski definition) is 6. The summed E-state index contributed by atoms with van der Waals surface area (Å²) in [5.74, 6) is -0.495. The summed E-state index contributed by atoms with van der Waals surface area (Å²) in [6.45, 7) is 4.18. The predicted molar refractivity (Wildman–Crippen MR) is 209 cm³/mol. The van der Waals surface area contributed by atoms with Crippen molar-refractivity contribution in [2.24, 2.45) is 5.92 Å². The third-order valence-corrected chi connectivity index (χ3v) is 11.4. The van der Waals surface area contributed by atoms with Crippen LogP contribution in [0.1, 0.15) is 39.5 Å². The van der Waals surface area contributed by atoms with Crippen molar-refractivity contribution in [2.45, 2.75) is 107 Å². The number of amides is 4. The van der Waals surface area contributed by atoms with Gasteiger partial charge in [0.1, 0.15) is 61.2 Å². The summed E-state index contributed by atoms with van der Waals surface area (Å²) in [4.78, 5) is 65.5. The number of likely N-dealkylation sites (N-methyl/N-ethyl adjacent to an activating group) is 2. The number of anilines is 1. The number of fused-ring (bicyclic) bond motifs is 1. The molecular formula is C38H57N9O13. The molecule has 0 aliphatic carbocycles. The zero-order valence-corrected chi connectivity index (χ0v) is 34.6. The van der Waals surface area contributed by atoms with E-state index in [1.54, 1.807) is 17.2 Å². The van der Waals surface area contributed by atoms with Crippen LogP contribution < -0.4 is 15.5 Å². The average Bonchev–Trinajstić information content (AvgIpc) is 3.67. The molecule has 2 aromatic heterocycles. The zero-order valence-electron chi connectivity index (χ0n) is 34.6. The minimum Gasteiger partial charge on any atom is -0.394 e. The zero-order chi connectivity index (χ0) is 43.8. The van der Waals surface area contributed by atoms with Gasteiger partial charge in [-0.3, -0.25) is 19.0 Å². The molecule has 60 heavy (non-hydrogen) atoms. The Bertz CT molecular complexity index is 1850. The molecule has 3 saturated heterocycles. The number of methoxy groups -OCH3 is 2. The molecule has 0 bridgehead atoms. The van der Waals surface area contributed by atoms with Crippen molar-refractivity contribution < 1.29 is 63.3 Å². The van der Waals surface area contributed by atoms with Crippen LogP contribution in [0.15, 0.2) is 18.6 Å². The van der Waals surface area contributed by atoms with Crippen LogP contribution in [0, 0.1) is 17.2 Å². The van der Waals surface area contributed by atoms with E-state index in [0.717, 1.165) is 6.42 Å². The van der Waals surface area contributed by atoms with Crippen molar-refractivity contribution in [3.8, 4) is 6.07 Å². The summed E-state index contributed by atoms with van der Waals surface area (Å²) in [6.07, 6.45) is -8.72. The minimum absolute atomic E-state index is 0.0714. The summed E-state index contributed by atoms with van der Waals surface area (Å²) < 4.78 is 29.5. The van der Waals surface area contributed by atoms with E-state index >= 15 is 0 Å². The van der Waals surface area contributed by atoms with Crippen LogP contribution in [-0.2, 0) is 38.1 Å². The number of aromatic nitrogens is 3. The number of unbranched alkanes of at least 4 members (excludes halogenated alkanes) is 1. The van der Waals surface area contributed by atoms with Gasteiger partial charge in [0.05, 0.1) is 24.1 Å². The Balaban J connectivity index is 1.17. The van der Waals surface area contributed by atoms with Gasteiger partial charge in [0, 0.05) is 67.6 Å². The molecule has 5 heterocycles. The lowest BCUT2D eigenvalue weighted by Gasteiger charge is -2.47. The standard InChI is InChI=1S/C38H57N9O13/c1-20-10-15-46(25(50)9-12-39)17-23(20)45(4)33-22-11-16-47(34(22)42-19-41-33)38(55)40-13-7-8-14-44(3)35(54)32-31(56-5)28(52)29(53)37(60-32)59-30-26(43-21(2)49)36(57-6)58-24(18-48)27(30)51/h11,16,19-20,23-24,26-32,36-37,48,51-53H,7-10,13-15,17-18H2,1-6H3,(H,40,55)(H,43,49)/t20-,23+,24?,26?,27-,28-,29?,30-,31+,32?,36-,37-/m1/s1. The maximum Gasteiger partial charge on any atom is 0.327 e. The van der Waals surface area contributed by atoms with Crippen LogP contribution in [0.3, 0.4) is 0 Å². The van der Waals surface area contributed by atoms with E-state index in [1.807, 2.05) is 18.0 Å². The molecule has 3 aliphatic rings. The van der Waals surface area contributed by atoms with Gasteiger partial charge in [0.15, 0.2) is 24.3 Å². The Kier molecular flexibility index (Phi) is 16.1. The SMILES string of the molecule is CO[C@@H]1OC(CO)[C@@H](O)[C@H](O[C@@H]2OC(C(=O)N(C)CCCCNC(=O)n3ccc4c(N(C)[C@H]5CN(C(=O)CC#N)CC[C@H]5C)ncnc43)[C@@H](OC)[C@H](O)C2O)C1NC(C)=O. The molecule has 0 radical (unpaired) electrons. The van der Waals surface area contributed by atoms with Crippen LogP contribution in [0.5, 0.6) is 0 Å². The van der Waals surface area contributed by atoms with Gasteiger partial charge in [0.2, 0.25) is 11.8 Å². The van der Waals surface area contributed by atoms with E-state index < -0.39 is 85.8 Å². The molecule has 12 atom stereocenters. The molecule has 22 nitrogen and oxygen atoms in total. The van der Waals surface area contributed by atoms with Gasteiger partial charge in [-0.2, -0.15) is 5.26 Å². The second-order valence-electron chi connectivity index (χ2n) is 15.3. The number of hydrogen-bond acceptors (Lipinski definition) is 17. The summed E-state index contributed by atoms with van der Waals surface area (Å²) in [5.41, 5.74) is 0.397. The van der Waals surface area contributed by atoms with Crippen molar-refractivity contribution in [2.75, 3.05) is 66.0 Å². The Morgan fingerprint density at radius 2 is 1.78 bits per heavy atom. The van der Waals surface area contributed by atoms with Gasteiger partial charge in [0.25, 0.3) is 5.91 Å². The Labute approximate surface area is 347 Å². The molecule has 3 fully saturated rings. The van der Waals surface area contributed by atoms with E-state index in [4.69, 9.17) is 28.9 Å². The van der Waals surface area contributed by atoms with Crippen LogP contribution in [0.2, 0.25) is 0 Å². The molecule has 0 spiro atoms. The van der Waals surface area contributed by atoms with E-state index in [-0.39, 0.29) is 37.4 Å². The number of rotatable bonds is 15. The lowest BCUT2D eigenvalue weighted by molar-refractivity contribution is -0.339. The summed E-state index contributed by atoms with van der Waals surface area (Å²) in [5, 5.41) is 57.9. The Morgan fingerprint density at radius 3 is 2.45 bits per heavy atom. The molecule has 2 aromatic rings. The predicted octanol–water partition coefficient (Wildman–Crippen LogP) is -2.11. The van der Waals surface area contributed by atoms with Gasteiger partial charge in [-0.1, -0.05) is 6.92 Å². The van der Waals surface area contributed by atoms with E-state index in [1.165, 1.54) is 44.0 Å².